The summed E-state index contributed by atoms with van der Waals surface area (Å²) in [5, 5.41) is 0. The minimum absolute atomic E-state index is 0.0582. The van der Waals surface area contributed by atoms with E-state index in [-0.39, 0.29) is 9.70 Å². The summed E-state index contributed by atoms with van der Waals surface area (Å²) >= 11 is 3.55. The van der Waals surface area contributed by atoms with E-state index in [0.29, 0.717) is 0 Å². The summed E-state index contributed by atoms with van der Waals surface area (Å²) in [7, 11) is 1.90. The highest BCUT2D eigenvalue weighted by Crippen LogP contribution is 2.57. The molecule has 27 heavy (non-hydrogen) atoms. The van der Waals surface area contributed by atoms with Gasteiger partial charge in [0.15, 0.2) is 0 Å². The molecule has 132 valence electrons. The summed E-state index contributed by atoms with van der Waals surface area (Å²) in [5.74, 6) is 0. The van der Waals surface area contributed by atoms with Gasteiger partial charge >= 0.3 is 0 Å². The molecule has 2 aliphatic heterocycles. The summed E-state index contributed by atoms with van der Waals surface area (Å²) in [4.78, 5) is 2.76. The number of rotatable bonds is 3. The van der Waals surface area contributed by atoms with Crippen LogP contribution in [0.1, 0.15) is 11.1 Å². The third-order valence-electron chi connectivity index (χ3n) is 4.53. The van der Waals surface area contributed by atoms with Gasteiger partial charge in [0.1, 0.15) is 0 Å². The SMILES string of the molecule is Brc1ccc(N2C=C(c3ccccc3)C3=S2SC(c2ccccc2)=C3)cc1. The second-order valence-electron chi connectivity index (χ2n) is 6.28. The third kappa shape index (κ3) is 3.22. The van der Waals surface area contributed by atoms with Gasteiger partial charge in [-0.25, -0.2) is 0 Å². The Morgan fingerprint density at radius 3 is 2.04 bits per heavy atom. The van der Waals surface area contributed by atoms with E-state index in [1.165, 1.54) is 32.2 Å². The van der Waals surface area contributed by atoms with Gasteiger partial charge in [-0.2, -0.15) is 0 Å². The van der Waals surface area contributed by atoms with Gasteiger partial charge < -0.3 is 0 Å². The first-order valence-corrected chi connectivity index (χ1v) is 12.0. The number of benzene rings is 3. The first-order valence-electron chi connectivity index (χ1n) is 8.69. The molecule has 1 unspecified atom stereocenters. The summed E-state index contributed by atoms with van der Waals surface area (Å²) in [5.41, 5.74) is 5.11. The lowest BCUT2D eigenvalue weighted by Crippen LogP contribution is -2.03. The second-order valence-corrected chi connectivity index (χ2v) is 10.6. The predicted molar refractivity (Wildman–Crippen MR) is 126 cm³/mol. The average molecular weight is 450 g/mol. The lowest BCUT2D eigenvalue weighted by molar-refractivity contribution is 1.45. The maximum atomic E-state index is 3.55. The Morgan fingerprint density at radius 2 is 1.37 bits per heavy atom. The molecule has 0 spiro atoms. The maximum absolute atomic E-state index is 3.55. The highest BCUT2D eigenvalue weighted by Gasteiger charge is 2.30. The number of allylic oxidation sites excluding steroid dienone is 2. The molecule has 0 radical (unpaired) electrons. The molecule has 0 amide bonds. The smallest absolute Gasteiger partial charge is 0.0522 e. The number of nitrogens with zero attached hydrogens (tertiary/aromatic N) is 1. The Morgan fingerprint density at radius 1 is 0.741 bits per heavy atom. The van der Waals surface area contributed by atoms with Crippen LogP contribution in [0.2, 0.25) is 0 Å². The molecule has 0 N–H and O–H groups in total. The zero-order valence-corrected chi connectivity index (χ0v) is 17.6. The topological polar surface area (TPSA) is 3.24 Å². The molecule has 0 aromatic heterocycles. The van der Waals surface area contributed by atoms with Gasteiger partial charge in [0.25, 0.3) is 0 Å². The van der Waals surface area contributed by atoms with E-state index in [4.69, 9.17) is 0 Å². The van der Waals surface area contributed by atoms with Crippen molar-refractivity contribution in [2.45, 2.75) is 0 Å². The van der Waals surface area contributed by atoms with E-state index >= 15 is 0 Å². The fourth-order valence-electron chi connectivity index (χ4n) is 3.20. The average Bonchev–Trinajstić information content (AvgIpc) is 3.30. The molecule has 1 atom stereocenters. The lowest BCUT2D eigenvalue weighted by atomic mass is 10.0. The third-order valence-corrected chi connectivity index (χ3v) is 9.17. The van der Waals surface area contributed by atoms with Crippen molar-refractivity contribution in [3.63, 3.8) is 0 Å². The van der Waals surface area contributed by atoms with Crippen LogP contribution in [0.5, 0.6) is 0 Å². The largest absolute Gasteiger partial charge is 0.288 e. The van der Waals surface area contributed by atoms with Crippen LogP contribution in [0.4, 0.5) is 5.69 Å². The molecule has 3 aromatic carbocycles. The molecule has 0 fully saturated rings. The van der Waals surface area contributed by atoms with Gasteiger partial charge in [0.2, 0.25) is 0 Å². The maximum Gasteiger partial charge on any atom is 0.0522 e. The van der Waals surface area contributed by atoms with Gasteiger partial charge in [-0.1, -0.05) is 76.6 Å². The molecule has 2 heterocycles. The summed E-state index contributed by atoms with van der Waals surface area (Å²) in [6.07, 6.45) is 4.68. The fraction of sp³-hybridized carbons (Fsp3) is 0. The Kier molecular flexibility index (Phi) is 4.56. The predicted octanol–water partition coefficient (Wildman–Crippen LogP) is 7.37. The zero-order chi connectivity index (χ0) is 18.2. The number of anilines is 1. The molecule has 0 saturated heterocycles. The van der Waals surface area contributed by atoms with E-state index in [9.17, 15) is 0 Å². The van der Waals surface area contributed by atoms with Crippen molar-refractivity contribution < 1.29 is 0 Å². The number of hydrogen-bond donors (Lipinski definition) is 0. The van der Waals surface area contributed by atoms with Crippen LogP contribution in [0, 0.1) is 0 Å². The van der Waals surface area contributed by atoms with Gasteiger partial charge in [-0.3, -0.25) is 4.31 Å². The van der Waals surface area contributed by atoms with Gasteiger partial charge in [-0.05, 0) is 62.0 Å². The van der Waals surface area contributed by atoms with Crippen LogP contribution in [-0.4, -0.2) is 4.86 Å². The highest BCUT2D eigenvalue weighted by molar-refractivity contribution is 9.10. The van der Waals surface area contributed by atoms with Crippen molar-refractivity contribution >= 4 is 57.5 Å². The van der Waals surface area contributed by atoms with Crippen molar-refractivity contribution in [3.05, 3.63) is 113 Å². The van der Waals surface area contributed by atoms with Crippen LogP contribution in [0.15, 0.2) is 102 Å². The van der Waals surface area contributed by atoms with Crippen molar-refractivity contribution in [1.29, 1.82) is 0 Å². The molecule has 0 saturated carbocycles. The Hall–Kier alpha value is -2.01. The van der Waals surface area contributed by atoms with E-state index < -0.39 is 0 Å². The number of halogens is 1. The Balaban J connectivity index is 1.60. The zero-order valence-electron chi connectivity index (χ0n) is 14.4. The second kappa shape index (κ2) is 7.19. The summed E-state index contributed by atoms with van der Waals surface area (Å²) < 4.78 is 3.52. The van der Waals surface area contributed by atoms with E-state index in [1.54, 1.807) is 0 Å². The summed E-state index contributed by atoms with van der Waals surface area (Å²) in [6.45, 7) is 0. The first-order chi connectivity index (χ1) is 13.3. The molecule has 3 aromatic rings. The van der Waals surface area contributed by atoms with E-state index in [2.05, 4.69) is 117 Å². The fourth-order valence-corrected chi connectivity index (χ4v) is 7.83. The van der Waals surface area contributed by atoms with E-state index in [0.717, 1.165) is 4.47 Å². The standard InChI is InChI=1S/C23H16BrNS2/c24-19-11-13-20(14-12-19)25-16-21(17-7-3-1-4-8-17)23-15-22(26-27(23)25)18-9-5-2-6-10-18/h1-16H. The monoisotopic (exact) mass is 449 g/mol. The van der Waals surface area contributed by atoms with Crippen molar-refractivity contribution in [1.82, 2.24) is 0 Å². The quantitative estimate of drug-likeness (QED) is 0.303. The van der Waals surface area contributed by atoms with Crippen LogP contribution >= 0.6 is 36.4 Å². The van der Waals surface area contributed by atoms with Gasteiger partial charge in [0.05, 0.1) is 5.69 Å². The number of hydrogen-bond acceptors (Lipinski definition) is 2. The minimum Gasteiger partial charge on any atom is -0.288 e. The van der Waals surface area contributed by atoms with E-state index in [1.807, 2.05) is 10.8 Å². The molecule has 0 bridgehead atoms. The van der Waals surface area contributed by atoms with Crippen molar-refractivity contribution in [2.75, 3.05) is 4.31 Å². The first kappa shape index (κ1) is 17.1. The van der Waals surface area contributed by atoms with Crippen LogP contribution in [0.3, 0.4) is 0 Å². The minimum atomic E-state index is -0.0582. The Bertz CT molecular complexity index is 1080. The van der Waals surface area contributed by atoms with Gasteiger partial charge in [0, 0.05) is 26.0 Å². The molecule has 4 heteroatoms. The molecule has 5 rings (SSSR count). The van der Waals surface area contributed by atoms with Crippen molar-refractivity contribution in [3.8, 4) is 0 Å². The molecule has 1 nitrogen and oxygen atoms in total. The van der Waals surface area contributed by atoms with Crippen molar-refractivity contribution in [2.24, 2.45) is 0 Å². The normalized spacial score (nSPS) is 18.3. The molecular formula is C23H16BrNS2. The lowest BCUT2D eigenvalue weighted by Gasteiger charge is -2.20. The van der Waals surface area contributed by atoms with Crippen LogP contribution in [0.25, 0.3) is 10.5 Å². The molecule has 0 aliphatic carbocycles. The van der Waals surface area contributed by atoms with Crippen LogP contribution in [-0.2, 0) is 0 Å². The molecule has 2 aliphatic rings. The highest BCUT2D eigenvalue weighted by atomic mass is 79.9. The van der Waals surface area contributed by atoms with Crippen LogP contribution < -0.4 is 4.31 Å². The molecular weight excluding hydrogens is 434 g/mol. The Labute approximate surface area is 174 Å². The summed E-state index contributed by atoms with van der Waals surface area (Å²) in [6, 6.07) is 30.0. The van der Waals surface area contributed by atoms with Gasteiger partial charge in [-0.15, -0.1) is 0 Å².